The van der Waals surface area contributed by atoms with Gasteiger partial charge in [-0.25, -0.2) is 0 Å². The maximum absolute atomic E-state index is 2.42. The number of rotatable bonds is 7. The zero-order chi connectivity index (χ0) is 41.0. The fourth-order valence-electron chi connectivity index (χ4n) is 10.2. The molecule has 0 atom stereocenters. The van der Waals surface area contributed by atoms with E-state index in [1.54, 1.807) is 0 Å². The minimum Gasteiger partial charge on any atom is -0.311 e. The number of anilines is 3. The number of fused-ring (bicyclic) bond motifs is 8. The quantitative estimate of drug-likeness (QED) is 0.155. The van der Waals surface area contributed by atoms with Crippen LogP contribution in [0.25, 0.3) is 66.9 Å². The first-order valence-electron chi connectivity index (χ1n) is 21.5. The van der Waals surface area contributed by atoms with Gasteiger partial charge in [0.2, 0.25) is 0 Å². The molecular weight excluding hydrogens is 747 g/mol. The molecule has 10 aromatic rings. The van der Waals surface area contributed by atoms with Crippen molar-refractivity contribution < 1.29 is 0 Å². The predicted octanol–water partition coefficient (Wildman–Crippen LogP) is 16.2. The van der Waals surface area contributed by atoms with Crippen LogP contribution >= 0.6 is 0 Å². The number of benzene rings is 10. The van der Waals surface area contributed by atoms with Crippen LogP contribution in [0.3, 0.4) is 0 Å². The maximum atomic E-state index is 2.42. The third kappa shape index (κ3) is 5.78. The highest BCUT2D eigenvalue weighted by Gasteiger charge is 2.50. The van der Waals surface area contributed by atoms with Crippen molar-refractivity contribution in [3.05, 3.63) is 270 Å². The number of nitrogens with zero attached hydrogens (tertiary/aromatic N) is 1. The Labute approximate surface area is 363 Å². The van der Waals surface area contributed by atoms with Crippen molar-refractivity contribution >= 4 is 39.5 Å². The van der Waals surface area contributed by atoms with Gasteiger partial charge in [0.1, 0.15) is 0 Å². The Hall–Kier alpha value is -8.00. The largest absolute Gasteiger partial charge is 0.311 e. The Morgan fingerprint density at radius 3 is 1.26 bits per heavy atom. The molecule has 0 aromatic heterocycles. The smallest absolute Gasteiger partial charge is 0.0725 e. The number of hydrogen-bond donors (Lipinski definition) is 0. The summed E-state index contributed by atoms with van der Waals surface area (Å²) in [6.07, 6.45) is 2.42. The number of allylic oxidation sites excluding steroid dienone is 1. The fraction of sp³-hybridized carbons (Fsp3) is 0.0164. The first kappa shape index (κ1) is 35.9. The van der Waals surface area contributed by atoms with Crippen LogP contribution in [0.1, 0.15) is 27.8 Å². The highest BCUT2D eigenvalue weighted by Crippen LogP contribution is 2.62. The van der Waals surface area contributed by atoms with Gasteiger partial charge in [0.15, 0.2) is 0 Å². The van der Waals surface area contributed by atoms with Crippen molar-refractivity contribution in [1.29, 1.82) is 0 Å². The standard InChI is InChI=1S/C61H41N/c1-2-12-42(13-3-1)45-28-34-52(35-29-45)62(54-38-32-47(33-39-54)50-27-24-43-14-4-5-15-49(43)40-50)53-36-30-46(31-37-53)44-22-25-48(26-23-44)60-41-51-16-6-9-19-57(51)61(60)58-20-10-7-17-55(58)56-18-8-11-21-59(56)61/h1-41H. The van der Waals surface area contributed by atoms with E-state index in [9.17, 15) is 0 Å². The second-order valence-electron chi connectivity index (χ2n) is 16.5. The summed E-state index contributed by atoms with van der Waals surface area (Å²) in [5.74, 6) is 0. The minimum atomic E-state index is -0.358. The molecule has 0 N–H and O–H groups in total. The summed E-state index contributed by atoms with van der Waals surface area (Å²) in [6.45, 7) is 0. The van der Waals surface area contributed by atoms with E-state index in [1.807, 2.05) is 0 Å². The van der Waals surface area contributed by atoms with E-state index in [0.717, 1.165) is 17.1 Å². The predicted molar refractivity (Wildman–Crippen MR) is 261 cm³/mol. The van der Waals surface area contributed by atoms with E-state index in [0.29, 0.717) is 0 Å². The topological polar surface area (TPSA) is 3.24 Å². The lowest BCUT2D eigenvalue weighted by molar-refractivity contribution is 0.842. The second-order valence-corrected chi connectivity index (χ2v) is 16.5. The van der Waals surface area contributed by atoms with Crippen molar-refractivity contribution in [1.82, 2.24) is 0 Å². The zero-order valence-corrected chi connectivity index (χ0v) is 34.1. The van der Waals surface area contributed by atoms with E-state index in [1.165, 1.54) is 88.7 Å². The molecular formula is C61H41N. The van der Waals surface area contributed by atoms with Crippen LogP contribution in [0, 0.1) is 0 Å². The molecule has 0 fully saturated rings. The molecule has 290 valence electrons. The van der Waals surface area contributed by atoms with E-state index >= 15 is 0 Å². The Balaban J connectivity index is 0.889. The van der Waals surface area contributed by atoms with E-state index in [2.05, 4.69) is 254 Å². The SMILES string of the molecule is C1=C(c2ccc(-c3ccc(N(c4ccc(-c5ccccc5)cc4)c4ccc(-c5ccc6ccccc6c5)cc4)cc3)cc2)C2(c3ccccc31)c1ccccc1-c1ccccc12. The highest BCUT2D eigenvalue weighted by molar-refractivity contribution is 6.05. The zero-order valence-electron chi connectivity index (χ0n) is 34.1. The summed E-state index contributed by atoms with van der Waals surface area (Å²) in [6, 6.07) is 88.9. The Kier molecular flexibility index (Phi) is 8.47. The summed E-state index contributed by atoms with van der Waals surface area (Å²) in [4.78, 5) is 2.35. The normalized spacial score (nSPS) is 13.1. The van der Waals surface area contributed by atoms with Crippen molar-refractivity contribution in [2.45, 2.75) is 5.41 Å². The third-order valence-corrected chi connectivity index (χ3v) is 13.1. The molecule has 0 heterocycles. The molecule has 12 rings (SSSR count). The van der Waals surface area contributed by atoms with Gasteiger partial charge in [-0.1, -0.05) is 200 Å². The molecule has 1 heteroatoms. The van der Waals surface area contributed by atoms with Crippen molar-refractivity contribution in [2.75, 3.05) is 4.90 Å². The van der Waals surface area contributed by atoms with Crippen LogP contribution in [0.2, 0.25) is 0 Å². The Morgan fingerprint density at radius 2 is 0.677 bits per heavy atom. The lowest BCUT2D eigenvalue weighted by Crippen LogP contribution is -2.26. The molecule has 0 saturated carbocycles. The van der Waals surface area contributed by atoms with Crippen LogP contribution in [0.15, 0.2) is 243 Å². The number of hydrogen-bond acceptors (Lipinski definition) is 1. The second kappa shape index (κ2) is 14.6. The highest BCUT2D eigenvalue weighted by atomic mass is 15.1. The van der Waals surface area contributed by atoms with E-state index < -0.39 is 0 Å². The monoisotopic (exact) mass is 787 g/mol. The molecule has 1 nitrogen and oxygen atoms in total. The van der Waals surface area contributed by atoms with Crippen molar-refractivity contribution in [3.8, 4) is 44.5 Å². The van der Waals surface area contributed by atoms with Gasteiger partial charge in [-0.2, -0.15) is 0 Å². The van der Waals surface area contributed by atoms with Crippen molar-refractivity contribution in [2.24, 2.45) is 0 Å². The molecule has 0 unspecified atom stereocenters. The van der Waals surface area contributed by atoms with Crippen LogP contribution in [0.4, 0.5) is 17.1 Å². The summed E-state index contributed by atoms with van der Waals surface area (Å²) >= 11 is 0. The van der Waals surface area contributed by atoms with Gasteiger partial charge in [0, 0.05) is 17.1 Å². The fourth-order valence-corrected chi connectivity index (χ4v) is 10.2. The molecule has 0 saturated heterocycles. The van der Waals surface area contributed by atoms with Crippen LogP contribution < -0.4 is 4.90 Å². The summed E-state index contributed by atoms with van der Waals surface area (Å²) in [5.41, 5.74) is 20.7. The Bertz CT molecular complexity index is 3260. The molecule has 2 aliphatic rings. The van der Waals surface area contributed by atoms with Gasteiger partial charge < -0.3 is 4.90 Å². The van der Waals surface area contributed by atoms with Gasteiger partial charge in [-0.15, -0.1) is 0 Å². The van der Waals surface area contributed by atoms with Gasteiger partial charge in [-0.3, -0.25) is 0 Å². The first-order chi connectivity index (χ1) is 30.7. The lowest BCUT2D eigenvalue weighted by atomic mass is 9.68. The molecule has 2 aliphatic carbocycles. The maximum Gasteiger partial charge on any atom is 0.0725 e. The summed E-state index contributed by atoms with van der Waals surface area (Å²) in [5, 5.41) is 2.50. The van der Waals surface area contributed by atoms with Crippen LogP contribution in [0.5, 0.6) is 0 Å². The van der Waals surface area contributed by atoms with Crippen LogP contribution in [-0.2, 0) is 5.41 Å². The molecule has 1 spiro atoms. The van der Waals surface area contributed by atoms with E-state index in [-0.39, 0.29) is 5.41 Å². The molecule has 62 heavy (non-hydrogen) atoms. The first-order valence-corrected chi connectivity index (χ1v) is 21.5. The third-order valence-electron chi connectivity index (χ3n) is 13.1. The van der Waals surface area contributed by atoms with Gasteiger partial charge in [0.05, 0.1) is 5.41 Å². The molecule has 0 aliphatic heterocycles. The van der Waals surface area contributed by atoms with Gasteiger partial charge in [0.25, 0.3) is 0 Å². The summed E-state index contributed by atoms with van der Waals surface area (Å²) < 4.78 is 0. The molecule has 0 radical (unpaired) electrons. The van der Waals surface area contributed by atoms with Crippen LogP contribution in [-0.4, -0.2) is 0 Å². The van der Waals surface area contributed by atoms with Gasteiger partial charge >= 0.3 is 0 Å². The van der Waals surface area contributed by atoms with Crippen molar-refractivity contribution in [3.63, 3.8) is 0 Å². The average Bonchev–Trinajstić information content (AvgIpc) is 3.86. The average molecular weight is 788 g/mol. The molecule has 10 aromatic carbocycles. The lowest BCUT2D eigenvalue weighted by Gasteiger charge is -2.33. The van der Waals surface area contributed by atoms with E-state index in [4.69, 9.17) is 0 Å². The Morgan fingerprint density at radius 1 is 0.274 bits per heavy atom. The molecule has 0 amide bonds. The minimum absolute atomic E-state index is 0.358. The van der Waals surface area contributed by atoms with Gasteiger partial charge in [-0.05, 0) is 137 Å². The molecule has 0 bridgehead atoms. The summed E-state index contributed by atoms with van der Waals surface area (Å²) in [7, 11) is 0.